The lowest BCUT2D eigenvalue weighted by Gasteiger charge is -2.27. The first kappa shape index (κ1) is 24.8. The Morgan fingerprint density at radius 3 is 2.09 bits per heavy atom. The molecule has 1 aliphatic heterocycles. The van der Waals surface area contributed by atoms with Crippen LogP contribution < -0.4 is 4.90 Å². The predicted molar refractivity (Wildman–Crippen MR) is 121 cm³/mol. The summed E-state index contributed by atoms with van der Waals surface area (Å²) in [5.74, 6) is -2.51. The van der Waals surface area contributed by atoms with Crippen LogP contribution in [-0.4, -0.2) is 59.2 Å². The molecule has 2 aromatic carbocycles. The number of anilines is 1. The summed E-state index contributed by atoms with van der Waals surface area (Å²) in [7, 11) is 0. The summed E-state index contributed by atoms with van der Waals surface area (Å²) in [6.07, 6.45) is 0.761. The maximum atomic E-state index is 12.9. The SMILES string of the molecule is CCN(CC)CCOC1c2ccccc2C(=O)N1c1ccccc1.O=C(O)/C=C/C(=O)O. The Morgan fingerprint density at radius 2 is 1.53 bits per heavy atom. The Hall–Kier alpha value is -3.49. The van der Waals surface area contributed by atoms with Crippen molar-refractivity contribution in [2.45, 2.75) is 20.1 Å². The number of nitrogens with zero attached hydrogens (tertiary/aromatic N) is 2. The Morgan fingerprint density at radius 1 is 0.969 bits per heavy atom. The fraction of sp³-hybridized carbons (Fsp3) is 0.292. The zero-order chi connectivity index (χ0) is 23.5. The number of likely N-dealkylation sites (N-methyl/N-ethyl adjacent to an activating group) is 1. The average molecular weight is 440 g/mol. The summed E-state index contributed by atoms with van der Waals surface area (Å²) < 4.78 is 6.16. The first-order chi connectivity index (χ1) is 15.4. The van der Waals surface area contributed by atoms with Crippen molar-refractivity contribution >= 4 is 23.5 Å². The molecule has 2 aromatic rings. The van der Waals surface area contributed by atoms with E-state index < -0.39 is 11.9 Å². The largest absolute Gasteiger partial charge is 0.478 e. The second kappa shape index (κ2) is 12.4. The highest BCUT2D eigenvalue weighted by atomic mass is 16.5. The van der Waals surface area contributed by atoms with Crippen LogP contribution in [0, 0.1) is 0 Å². The molecule has 1 heterocycles. The lowest BCUT2D eigenvalue weighted by atomic mass is 10.1. The van der Waals surface area contributed by atoms with Gasteiger partial charge in [-0.05, 0) is 31.3 Å². The van der Waals surface area contributed by atoms with Crippen LogP contribution >= 0.6 is 0 Å². The zero-order valence-electron chi connectivity index (χ0n) is 18.2. The highest BCUT2D eigenvalue weighted by Crippen LogP contribution is 2.37. The number of carbonyl (C=O) groups is 3. The molecular weight excluding hydrogens is 412 g/mol. The summed E-state index contributed by atoms with van der Waals surface area (Å²) in [6.45, 7) is 7.76. The van der Waals surface area contributed by atoms with Gasteiger partial charge in [0.15, 0.2) is 6.23 Å². The highest BCUT2D eigenvalue weighted by molar-refractivity contribution is 6.10. The Bertz CT molecular complexity index is 925. The van der Waals surface area contributed by atoms with Crippen molar-refractivity contribution < 1.29 is 29.3 Å². The van der Waals surface area contributed by atoms with Gasteiger partial charge in [-0.3, -0.25) is 9.69 Å². The van der Waals surface area contributed by atoms with Gasteiger partial charge in [0.25, 0.3) is 5.91 Å². The van der Waals surface area contributed by atoms with E-state index in [1.54, 1.807) is 4.90 Å². The topological polar surface area (TPSA) is 107 Å². The van der Waals surface area contributed by atoms with E-state index >= 15 is 0 Å². The van der Waals surface area contributed by atoms with Gasteiger partial charge in [0, 0.05) is 35.5 Å². The van der Waals surface area contributed by atoms with Crippen LogP contribution in [0.3, 0.4) is 0 Å². The molecule has 0 saturated carbocycles. The van der Waals surface area contributed by atoms with E-state index in [0.29, 0.717) is 18.8 Å². The van der Waals surface area contributed by atoms with Crippen LogP contribution in [0.15, 0.2) is 66.7 Å². The highest BCUT2D eigenvalue weighted by Gasteiger charge is 2.38. The van der Waals surface area contributed by atoms with Crippen molar-refractivity contribution in [2.75, 3.05) is 31.1 Å². The van der Waals surface area contributed by atoms with E-state index in [1.165, 1.54) is 0 Å². The third kappa shape index (κ3) is 6.76. The van der Waals surface area contributed by atoms with Gasteiger partial charge in [-0.2, -0.15) is 0 Å². The standard InChI is InChI=1S/C20H24N2O2.C4H4O4/c1-3-21(4-2)14-15-24-20-18-13-9-8-12-17(18)19(23)22(20)16-10-6-5-7-11-16;5-3(6)1-2-4(7)8/h5-13,20H,3-4,14-15H2,1-2H3;1-2H,(H,5,6)(H,7,8)/b;2-1+. The van der Waals surface area contributed by atoms with Gasteiger partial charge in [-0.25, -0.2) is 9.59 Å². The van der Waals surface area contributed by atoms with E-state index in [0.717, 1.165) is 36.4 Å². The first-order valence-corrected chi connectivity index (χ1v) is 10.3. The van der Waals surface area contributed by atoms with Crippen LogP contribution in [0.4, 0.5) is 5.69 Å². The number of carboxylic acid groups (broad SMARTS) is 2. The average Bonchev–Trinajstić information content (AvgIpc) is 3.08. The van der Waals surface area contributed by atoms with E-state index in [1.807, 2.05) is 54.6 Å². The summed E-state index contributed by atoms with van der Waals surface area (Å²) >= 11 is 0. The minimum Gasteiger partial charge on any atom is -0.478 e. The maximum absolute atomic E-state index is 12.9. The van der Waals surface area contributed by atoms with Gasteiger partial charge >= 0.3 is 11.9 Å². The van der Waals surface area contributed by atoms with Gasteiger partial charge in [-0.15, -0.1) is 0 Å². The molecule has 1 aliphatic rings. The molecule has 1 atom stereocenters. The summed E-state index contributed by atoms with van der Waals surface area (Å²) in [5.41, 5.74) is 2.55. The molecule has 8 heteroatoms. The number of amides is 1. The van der Waals surface area contributed by atoms with E-state index in [-0.39, 0.29) is 12.1 Å². The molecule has 2 N–H and O–H groups in total. The minimum atomic E-state index is -1.26. The van der Waals surface area contributed by atoms with Crippen LogP contribution in [0.1, 0.15) is 36.0 Å². The van der Waals surface area contributed by atoms with Crippen molar-refractivity contribution in [3.63, 3.8) is 0 Å². The first-order valence-electron chi connectivity index (χ1n) is 10.3. The lowest BCUT2D eigenvalue weighted by Crippen LogP contribution is -2.32. The number of benzene rings is 2. The number of hydrogen-bond donors (Lipinski definition) is 2. The number of carboxylic acids is 2. The normalized spacial score (nSPS) is 14.9. The number of para-hydroxylation sites is 1. The molecule has 0 saturated heterocycles. The fourth-order valence-corrected chi connectivity index (χ4v) is 3.26. The van der Waals surface area contributed by atoms with Crippen LogP contribution in [-0.2, 0) is 14.3 Å². The Kier molecular flexibility index (Phi) is 9.59. The van der Waals surface area contributed by atoms with Gasteiger partial charge in [0.05, 0.1) is 6.61 Å². The predicted octanol–water partition coefficient (Wildman–Crippen LogP) is 3.42. The van der Waals surface area contributed by atoms with E-state index in [9.17, 15) is 14.4 Å². The molecule has 0 spiro atoms. The number of aliphatic carboxylic acids is 2. The quantitative estimate of drug-likeness (QED) is 0.575. The molecule has 1 amide bonds. The fourth-order valence-electron chi connectivity index (χ4n) is 3.26. The third-order valence-corrected chi connectivity index (χ3v) is 4.89. The van der Waals surface area contributed by atoms with Crippen molar-refractivity contribution in [2.24, 2.45) is 0 Å². The number of rotatable bonds is 9. The van der Waals surface area contributed by atoms with Crippen LogP contribution in [0.5, 0.6) is 0 Å². The maximum Gasteiger partial charge on any atom is 0.328 e. The minimum absolute atomic E-state index is 0.00430. The van der Waals surface area contributed by atoms with Crippen LogP contribution in [0.25, 0.3) is 0 Å². The van der Waals surface area contributed by atoms with Gasteiger partial charge in [0.1, 0.15) is 0 Å². The third-order valence-electron chi connectivity index (χ3n) is 4.89. The summed E-state index contributed by atoms with van der Waals surface area (Å²) in [4.78, 5) is 36.0. The van der Waals surface area contributed by atoms with Crippen molar-refractivity contribution in [1.82, 2.24) is 4.90 Å². The molecule has 0 fully saturated rings. The molecule has 8 nitrogen and oxygen atoms in total. The van der Waals surface area contributed by atoms with Crippen molar-refractivity contribution in [3.8, 4) is 0 Å². The van der Waals surface area contributed by atoms with Crippen molar-refractivity contribution in [1.29, 1.82) is 0 Å². The van der Waals surface area contributed by atoms with E-state index in [4.69, 9.17) is 14.9 Å². The molecule has 3 rings (SSSR count). The van der Waals surface area contributed by atoms with Crippen LogP contribution in [0.2, 0.25) is 0 Å². The molecule has 32 heavy (non-hydrogen) atoms. The van der Waals surface area contributed by atoms with Gasteiger partial charge in [-0.1, -0.05) is 50.2 Å². The number of carbonyl (C=O) groups excluding carboxylic acids is 1. The second-order valence-corrected chi connectivity index (χ2v) is 6.86. The van der Waals surface area contributed by atoms with Crippen molar-refractivity contribution in [3.05, 3.63) is 77.9 Å². The Balaban J connectivity index is 0.000000390. The van der Waals surface area contributed by atoms with Gasteiger partial charge in [0.2, 0.25) is 0 Å². The molecule has 0 bridgehead atoms. The second-order valence-electron chi connectivity index (χ2n) is 6.86. The molecule has 0 aliphatic carbocycles. The Labute approximate surface area is 187 Å². The summed E-state index contributed by atoms with van der Waals surface area (Å²) in [6, 6.07) is 17.5. The smallest absolute Gasteiger partial charge is 0.328 e. The summed E-state index contributed by atoms with van der Waals surface area (Å²) in [5, 5.41) is 15.6. The molecule has 0 radical (unpaired) electrons. The lowest BCUT2D eigenvalue weighted by molar-refractivity contribution is -0.134. The van der Waals surface area contributed by atoms with Gasteiger partial charge < -0.3 is 19.8 Å². The number of ether oxygens (including phenoxy) is 1. The molecule has 170 valence electrons. The number of hydrogen-bond acceptors (Lipinski definition) is 5. The molecular formula is C24H28N2O6. The molecule has 1 unspecified atom stereocenters. The molecule has 0 aromatic heterocycles. The van der Waals surface area contributed by atoms with E-state index in [2.05, 4.69) is 18.7 Å². The number of fused-ring (bicyclic) bond motifs is 1. The zero-order valence-corrected chi connectivity index (χ0v) is 18.2. The monoisotopic (exact) mass is 440 g/mol.